The van der Waals surface area contributed by atoms with Crippen LogP contribution in [-0.4, -0.2) is 48.2 Å². The Morgan fingerprint density at radius 1 is 1.48 bits per heavy atom. The number of hydrogen-bond acceptors (Lipinski definition) is 3. The van der Waals surface area contributed by atoms with Crippen molar-refractivity contribution in [2.24, 2.45) is 11.3 Å². The van der Waals surface area contributed by atoms with Crippen molar-refractivity contribution in [2.45, 2.75) is 19.3 Å². The van der Waals surface area contributed by atoms with E-state index in [2.05, 4.69) is 0 Å². The van der Waals surface area contributed by atoms with Crippen LogP contribution in [0.3, 0.4) is 0 Å². The first-order valence-corrected chi connectivity index (χ1v) is 8.17. The molecule has 1 aromatic rings. The number of fused-ring (bicyclic) bond motifs is 1. The van der Waals surface area contributed by atoms with Crippen molar-refractivity contribution >= 4 is 23.5 Å². The van der Waals surface area contributed by atoms with E-state index in [1.54, 1.807) is 17.0 Å². The number of hydrogen-bond donors (Lipinski definition) is 1. The van der Waals surface area contributed by atoms with E-state index < -0.39 is 11.4 Å². The van der Waals surface area contributed by atoms with Crippen LogP contribution < -0.4 is 0 Å². The lowest BCUT2D eigenvalue weighted by Gasteiger charge is -2.33. The number of rotatable bonds is 3. The molecule has 0 radical (unpaired) electrons. The summed E-state index contributed by atoms with van der Waals surface area (Å²) < 4.78 is 5.43. The summed E-state index contributed by atoms with van der Waals surface area (Å²) in [5.41, 5.74) is -0.0138. The Morgan fingerprint density at radius 2 is 2.26 bits per heavy atom. The average molecular weight is 338 g/mol. The molecule has 2 saturated heterocycles. The number of carbonyl (C=O) groups is 2. The second kappa shape index (κ2) is 6.13. The number of aliphatic carboxylic acids is 1. The molecule has 0 aromatic heterocycles. The fourth-order valence-electron chi connectivity index (χ4n) is 3.66. The highest BCUT2D eigenvalue weighted by atomic mass is 35.5. The third-order valence-electron chi connectivity index (χ3n) is 5.16. The zero-order valence-corrected chi connectivity index (χ0v) is 13.8. The third kappa shape index (κ3) is 2.83. The summed E-state index contributed by atoms with van der Waals surface area (Å²) in [5, 5.41) is 10.3. The number of carboxylic acids is 1. The average Bonchev–Trinajstić information content (AvgIpc) is 2.94. The maximum Gasteiger partial charge on any atom is 0.311 e. The quantitative estimate of drug-likeness (QED) is 0.919. The number of benzene rings is 1. The first-order chi connectivity index (χ1) is 10.9. The number of likely N-dealkylation sites (tertiary alicyclic amines) is 1. The van der Waals surface area contributed by atoms with Crippen molar-refractivity contribution in [3.05, 3.63) is 34.9 Å². The van der Waals surface area contributed by atoms with Gasteiger partial charge in [0, 0.05) is 30.6 Å². The highest BCUT2D eigenvalue weighted by molar-refractivity contribution is 6.30. The largest absolute Gasteiger partial charge is 0.481 e. The molecular formula is C17H20ClNO4. The first-order valence-electron chi connectivity index (χ1n) is 7.79. The summed E-state index contributed by atoms with van der Waals surface area (Å²) >= 11 is 6.00. The van der Waals surface area contributed by atoms with Crippen molar-refractivity contribution in [1.82, 2.24) is 4.90 Å². The number of carboxylic acid groups (broad SMARTS) is 1. The smallest absolute Gasteiger partial charge is 0.311 e. The highest BCUT2D eigenvalue weighted by Crippen LogP contribution is 2.43. The molecule has 6 heteroatoms. The van der Waals surface area contributed by atoms with Gasteiger partial charge in [-0.2, -0.15) is 0 Å². The van der Waals surface area contributed by atoms with Gasteiger partial charge in [-0.1, -0.05) is 23.7 Å². The summed E-state index contributed by atoms with van der Waals surface area (Å²) in [5.74, 6) is -1.36. The van der Waals surface area contributed by atoms with E-state index >= 15 is 0 Å². The normalized spacial score (nSPS) is 28.3. The van der Waals surface area contributed by atoms with E-state index in [0.717, 1.165) is 5.56 Å². The number of amides is 1. The van der Waals surface area contributed by atoms with E-state index in [1.807, 2.05) is 19.1 Å². The number of halogens is 1. The van der Waals surface area contributed by atoms with Gasteiger partial charge < -0.3 is 14.7 Å². The molecule has 2 fully saturated rings. The second-order valence-electron chi connectivity index (χ2n) is 6.48. The fourth-order valence-corrected chi connectivity index (χ4v) is 3.86. The SMILES string of the molecule is CC(C(=O)N1C[C@H]2COCC[C@@]2(C(=O)O)C1)c1cccc(Cl)c1. The molecular weight excluding hydrogens is 318 g/mol. The van der Waals surface area contributed by atoms with E-state index in [4.69, 9.17) is 16.3 Å². The predicted molar refractivity (Wildman–Crippen MR) is 85.4 cm³/mol. The van der Waals surface area contributed by atoms with Gasteiger partial charge in [-0.3, -0.25) is 9.59 Å². The number of ether oxygens (including phenoxy) is 1. The summed E-state index contributed by atoms with van der Waals surface area (Å²) in [6.45, 7) is 3.38. The van der Waals surface area contributed by atoms with Gasteiger partial charge in [-0.25, -0.2) is 0 Å². The molecule has 1 amide bonds. The van der Waals surface area contributed by atoms with Gasteiger partial charge in [0.05, 0.1) is 17.9 Å². The van der Waals surface area contributed by atoms with Crippen LogP contribution in [0.15, 0.2) is 24.3 Å². The molecule has 2 heterocycles. The van der Waals surface area contributed by atoms with Crippen molar-refractivity contribution in [2.75, 3.05) is 26.3 Å². The predicted octanol–water partition coefficient (Wildman–Crippen LogP) is 2.39. The molecule has 23 heavy (non-hydrogen) atoms. The molecule has 124 valence electrons. The molecule has 1 unspecified atom stereocenters. The molecule has 3 atom stereocenters. The molecule has 1 N–H and O–H groups in total. The van der Waals surface area contributed by atoms with Gasteiger partial charge in [0.2, 0.25) is 5.91 Å². The van der Waals surface area contributed by atoms with Gasteiger partial charge in [0.1, 0.15) is 0 Å². The zero-order valence-electron chi connectivity index (χ0n) is 13.0. The Morgan fingerprint density at radius 3 is 2.91 bits per heavy atom. The summed E-state index contributed by atoms with van der Waals surface area (Å²) in [6, 6.07) is 7.23. The zero-order chi connectivity index (χ0) is 16.6. The molecule has 3 rings (SSSR count). The van der Waals surface area contributed by atoms with Crippen LogP contribution in [0, 0.1) is 11.3 Å². The second-order valence-corrected chi connectivity index (χ2v) is 6.92. The van der Waals surface area contributed by atoms with E-state index in [1.165, 1.54) is 0 Å². The molecule has 2 aliphatic rings. The Bertz CT molecular complexity index is 635. The van der Waals surface area contributed by atoms with Crippen LogP contribution in [0.1, 0.15) is 24.8 Å². The maximum absolute atomic E-state index is 12.8. The molecule has 0 bridgehead atoms. The van der Waals surface area contributed by atoms with Crippen LogP contribution in [0.2, 0.25) is 5.02 Å². The van der Waals surface area contributed by atoms with E-state index in [-0.39, 0.29) is 24.3 Å². The van der Waals surface area contributed by atoms with Crippen molar-refractivity contribution in [1.29, 1.82) is 0 Å². The molecule has 1 aromatic carbocycles. The lowest BCUT2D eigenvalue weighted by Crippen LogP contribution is -2.45. The van der Waals surface area contributed by atoms with Crippen LogP contribution in [0.5, 0.6) is 0 Å². The van der Waals surface area contributed by atoms with Gasteiger partial charge in [-0.05, 0) is 31.0 Å². The Labute approximate surface area is 140 Å². The van der Waals surface area contributed by atoms with Crippen LogP contribution in [0.25, 0.3) is 0 Å². The lowest BCUT2D eigenvalue weighted by atomic mass is 9.74. The summed E-state index contributed by atoms with van der Waals surface area (Å²) in [7, 11) is 0. The Balaban J connectivity index is 1.80. The van der Waals surface area contributed by atoms with Gasteiger partial charge in [0.25, 0.3) is 0 Å². The minimum atomic E-state index is -0.859. The number of carbonyl (C=O) groups excluding carboxylic acids is 1. The highest BCUT2D eigenvalue weighted by Gasteiger charge is 2.55. The molecule has 5 nitrogen and oxygen atoms in total. The minimum Gasteiger partial charge on any atom is -0.481 e. The Kier molecular flexibility index (Phi) is 4.34. The standard InChI is InChI=1S/C17H20ClNO4/c1-11(12-3-2-4-14(18)7-12)15(20)19-8-13-9-23-6-5-17(13,10-19)16(21)22/h2-4,7,11,13H,5-6,8-10H2,1H3,(H,21,22)/t11?,13-,17+/m0/s1. The van der Waals surface area contributed by atoms with Crippen molar-refractivity contribution in [3.63, 3.8) is 0 Å². The first kappa shape index (κ1) is 16.3. The van der Waals surface area contributed by atoms with Crippen LogP contribution in [0.4, 0.5) is 0 Å². The molecule has 0 saturated carbocycles. The fraction of sp³-hybridized carbons (Fsp3) is 0.529. The van der Waals surface area contributed by atoms with Crippen molar-refractivity contribution < 1.29 is 19.4 Å². The monoisotopic (exact) mass is 337 g/mol. The van der Waals surface area contributed by atoms with Crippen LogP contribution in [-0.2, 0) is 14.3 Å². The van der Waals surface area contributed by atoms with E-state index in [9.17, 15) is 14.7 Å². The van der Waals surface area contributed by atoms with Crippen LogP contribution >= 0.6 is 11.6 Å². The topological polar surface area (TPSA) is 66.8 Å². The molecule has 2 aliphatic heterocycles. The Hall–Kier alpha value is -1.59. The van der Waals surface area contributed by atoms with Crippen molar-refractivity contribution in [3.8, 4) is 0 Å². The molecule has 0 spiro atoms. The van der Waals surface area contributed by atoms with Gasteiger partial charge >= 0.3 is 5.97 Å². The van der Waals surface area contributed by atoms with Gasteiger partial charge in [0.15, 0.2) is 0 Å². The summed E-state index contributed by atoms with van der Waals surface area (Å²) in [6.07, 6.45) is 0.461. The van der Waals surface area contributed by atoms with E-state index in [0.29, 0.717) is 31.2 Å². The van der Waals surface area contributed by atoms with Gasteiger partial charge in [-0.15, -0.1) is 0 Å². The lowest BCUT2D eigenvalue weighted by molar-refractivity contribution is -0.157. The number of nitrogens with zero attached hydrogens (tertiary/aromatic N) is 1. The maximum atomic E-state index is 12.8. The minimum absolute atomic E-state index is 0.0534. The summed E-state index contributed by atoms with van der Waals surface area (Å²) in [4.78, 5) is 26.3. The molecule has 0 aliphatic carbocycles. The third-order valence-corrected chi connectivity index (χ3v) is 5.40.